The predicted octanol–water partition coefficient (Wildman–Crippen LogP) is 3.78. The maximum absolute atomic E-state index is 12.2. The lowest BCUT2D eigenvalue weighted by atomic mass is 10.1. The number of carbonyl (C=O) groups excluding carboxylic acids is 1. The summed E-state index contributed by atoms with van der Waals surface area (Å²) in [7, 11) is 0. The van der Waals surface area contributed by atoms with E-state index in [0.717, 1.165) is 23.7 Å². The average molecular weight is 309 g/mol. The van der Waals surface area contributed by atoms with Crippen molar-refractivity contribution in [2.75, 3.05) is 19.6 Å². The summed E-state index contributed by atoms with van der Waals surface area (Å²) in [5.41, 5.74) is 1.08. The minimum Gasteiger partial charge on any atom is -0.348 e. The van der Waals surface area contributed by atoms with Crippen molar-refractivity contribution in [3.63, 3.8) is 0 Å². The van der Waals surface area contributed by atoms with Gasteiger partial charge in [-0.15, -0.1) is 0 Å². The van der Waals surface area contributed by atoms with Gasteiger partial charge in [-0.2, -0.15) is 0 Å². The van der Waals surface area contributed by atoms with Gasteiger partial charge in [0, 0.05) is 5.02 Å². The fourth-order valence-corrected chi connectivity index (χ4v) is 2.92. The Bertz CT molecular complexity index is 439. The zero-order chi connectivity index (χ0) is 15.1. The second kappa shape index (κ2) is 8.40. The molecule has 1 amide bonds. The number of benzene rings is 1. The van der Waals surface area contributed by atoms with Crippen LogP contribution in [0.5, 0.6) is 0 Å². The van der Waals surface area contributed by atoms with E-state index in [1.54, 1.807) is 0 Å². The van der Waals surface area contributed by atoms with Crippen molar-refractivity contribution < 1.29 is 4.79 Å². The van der Waals surface area contributed by atoms with E-state index in [9.17, 15) is 4.79 Å². The number of likely N-dealkylation sites (tertiary alicyclic amines) is 1. The van der Waals surface area contributed by atoms with Gasteiger partial charge in [-0.3, -0.25) is 9.69 Å². The molecule has 2 rings (SSSR count). The smallest absolute Gasteiger partial charge is 0.234 e. The minimum absolute atomic E-state index is 0.0181. The molecule has 1 aromatic carbocycles. The number of hydrogen-bond donors (Lipinski definition) is 1. The second-order valence-electron chi connectivity index (χ2n) is 5.88. The van der Waals surface area contributed by atoms with Crippen LogP contribution in [0.25, 0.3) is 0 Å². The first-order valence-corrected chi connectivity index (χ1v) is 8.30. The summed E-state index contributed by atoms with van der Waals surface area (Å²) in [5.74, 6) is 0.109. The molecule has 1 saturated heterocycles. The van der Waals surface area contributed by atoms with Crippen molar-refractivity contribution in [2.45, 2.75) is 45.1 Å². The van der Waals surface area contributed by atoms with E-state index in [4.69, 9.17) is 11.6 Å². The number of carbonyl (C=O) groups is 1. The highest BCUT2D eigenvalue weighted by Crippen LogP contribution is 2.16. The molecule has 0 aliphatic carbocycles. The topological polar surface area (TPSA) is 32.3 Å². The molecule has 0 aromatic heterocycles. The SMILES string of the molecule is CC(NC(=O)CN1CCCCCCC1)c1ccc(Cl)cc1. The number of nitrogens with one attached hydrogen (secondary N) is 1. The second-order valence-corrected chi connectivity index (χ2v) is 6.32. The largest absolute Gasteiger partial charge is 0.348 e. The fourth-order valence-electron chi connectivity index (χ4n) is 2.80. The Labute approximate surface area is 132 Å². The van der Waals surface area contributed by atoms with Crippen LogP contribution in [0.3, 0.4) is 0 Å². The lowest BCUT2D eigenvalue weighted by Gasteiger charge is -2.24. The molecular formula is C17H25ClN2O. The molecule has 116 valence electrons. The van der Waals surface area contributed by atoms with Crippen LogP contribution in [0.2, 0.25) is 5.02 Å². The molecule has 0 bridgehead atoms. The lowest BCUT2D eigenvalue weighted by molar-refractivity contribution is -0.123. The standard InChI is InChI=1S/C17H25ClN2O/c1-14(15-7-9-16(18)10-8-15)19-17(21)13-20-11-5-3-2-4-6-12-20/h7-10,14H,2-6,11-13H2,1H3,(H,19,21). The van der Waals surface area contributed by atoms with E-state index in [1.165, 1.54) is 32.1 Å². The molecule has 1 N–H and O–H groups in total. The number of amides is 1. The average Bonchev–Trinajstić information content (AvgIpc) is 2.42. The third kappa shape index (κ3) is 5.68. The summed E-state index contributed by atoms with van der Waals surface area (Å²) in [6, 6.07) is 7.66. The van der Waals surface area contributed by atoms with Gasteiger partial charge < -0.3 is 5.32 Å². The van der Waals surface area contributed by atoms with Crippen LogP contribution in [0.4, 0.5) is 0 Å². The van der Waals surface area contributed by atoms with E-state index in [0.29, 0.717) is 6.54 Å². The fraction of sp³-hybridized carbons (Fsp3) is 0.588. The number of halogens is 1. The zero-order valence-electron chi connectivity index (χ0n) is 12.8. The van der Waals surface area contributed by atoms with E-state index in [2.05, 4.69) is 10.2 Å². The molecule has 4 heteroatoms. The Morgan fingerprint density at radius 3 is 2.33 bits per heavy atom. The van der Waals surface area contributed by atoms with Crippen molar-refractivity contribution in [3.05, 3.63) is 34.9 Å². The van der Waals surface area contributed by atoms with E-state index in [1.807, 2.05) is 31.2 Å². The van der Waals surface area contributed by atoms with Crippen LogP contribution < -0.4 is 5.32 Å². The van der Waals surface area contributed by atoms with Gasteiger partial charge in [-0.05, 0) is 50.6 Å². The Morgan fingerprint density at radius 2 is 1.71 bits per heavy atom. The van der Waals surface area contributed by atoms with Crippen molar-refractivity contribution in [1.82, 2.24) is 10.2 Å². The van der Waals surface area contributed by atoms with Crippen LogP contribution in [-0.4, -0.2) is 30.4 Å². The Balaban J connectivity index is 1.81. The summed E-state index contributed by atoms with van der Waals surface area (Å²) < 4.78 is 0. The third-order valence-corrected chi connectivity index (χ3v) is 4.32. The highest BCUT2D eigenvalue weighted by atomic mass is 35.5. The number of hydrogen-bond acceptors (Lipinski definition) is 2. The molecule has 1 atom stereocenters. The van der Waals surface area contributed by atoms with E-state index < -0.39 is 0 Å². The van der Waals surface area contributed by atoms with Gasteiger partial charge in [0.15, 0.2) is 0 Å². The van der Waals surface area contributed by atoms with Crippen LogP contribution in [0.15, 0.2) is 24.3 Å². The first-order valence-electron chi connectivity index (χ1n) is 7.92. The molecule has 21 heavy (non-hydrogen) atoms. The first-order chi connectivity index (χ1) is 10.1. The molecule has 1 fully saturated rings. The van der Waals surface area contributed by atoms with Crippen LogP contribution in [-0.2, 0) is 4.79 Å². The maximum atomic E-state index is 12.2. The maximum Gasteiger partial charge on any atom is 0.234 e. The number of nitrogens with zero attached hydrogens (tertiary/aromatic N) is 1. The summed E-state index contributed by atoms with van der Waals surface area (Å²) >= 11 is 5.89. The molecule has 1 heterocycles. The predicted molar refractivity (Wildman–Crippen MR) is 87.5 cm³/mol. The Morgan fingerprint density at radius 1 is 1.14 bits per heavy atom. The van der Waals surface area contributed by atoms with E-state index in [-0.39, 0.29) is 11.9 Å². The summed E-state index contributed by atoms with van der Waals surface area (Å²) in [6.07, 6.45) is 6.34. The van der Waals surface area contributed by atoms with Gasteiger partial charge in [-0.1, -0.05) is 43.0 Å². The molecule has 3 nitrogen and oxygen atoms in total. The Kier molecular flexibility index (Phi) is 6.52. The Hall–Kier alpha value is -1.06. The van der Waals surface area contributed by atoms with Gasteiger partial charge in [0.2, 0.25) is 5.91 Å². The van der Waals surface area contributed by atoms with Crippen molar-refractivity contribution >= 4 is 17.5 Å². The molecule has 1 aromatic rings. The third-order valence-electron chi connectivity index (χ3n) is 4.06. The highest BCUT2D eigenvalue weighted by Gasteiger charge is 2.14. The van der Waals surface area contributed by atoms with Crippen LogP contribution in [0.1, 0.15) is 50.6 Å². The lowest BCUT2D eigenvalue weighted by Crippen LogP contribution is -2.39. The monoisotopic (exact) mass is 308 g/mol. The zero-order valence-corrected chi connectivity index (χ0v) is 13.5. The van der Waals surface area contributed by atoms with Gasteiger partial charge in [0.05, 0.1) is 12.6 Å². The van der Waals surface area contributed by atoms with Gasteiger partial charge in [0.25, 0.3) is 0 Å². The van der Waals surface area contributed by atoms with Gasteiger partial charge >= 0.3 is 0 Å². The molecule has 0 radical (unpaired) electrons. The van der Waals surface area contributed by atoms with Crippen molar-refractivity contribution in [3.8, 4) is 0 Å². The first kappa shape index (κ1) is 16.3. The normalized spacial score (nSPS) is 18.6. The molecule has 1 aliphatic heterocycles. The van der Waals surface area contributed by atoms with Crippen molar-refractivity contribution in [1.29, 1.82) is 0 Å². The van der Waals surface area contributed by atoms with Crippen LogP contribution in [0, 0.1) is 0 Å². The van der Waals surface area contributed by atoms with Gasteiger partial charge in [0.1, 0.15) is 0 Å². The molecule has 1 unspecified atom stereocenters. The summed E-state index contributed by atoms with van der Waals surface area (Å²) in [4.78, 5) is 14.5. The summed E-state index contributed by atoms with van der Waals surface area (Å²) in [5, 5.41) is 3.80. The van der Waals surface area contributed by atoms with E-state index >= 15 is 0 Å². The highest BCUT2D eigenvalue weighted by molar-refractivity contribution is 6.30. The van der Waals surface area contributed by atoms with Crippen LogP contribution >= 0.6 is 11.6 Å². The van der Waals surface area contributed by atoms with Gasteiger partial charge in [-0.25, -0.2) is 0 Å². The molecular weight excluding hydrogens is 284 g/mol. The molecule has 0 saturated carbocycles. The molecule has 1 aliphatic rings. The molecule has 0 spiro atoms. The number of rotatable bonds is 4. The minimum atomic E-state index is 0.0181. The quantitative estimate of drug-likeness (QED) is 0.918. The van der Waals surface area contributed by atoms with Crippen molar-refractivity contribution in [2.24, 2.45) is 0 Å². The summed E-state index contributed by atoms with van der Waals surface area (Å²) in [6.45, 7) is 4.61.